The van der Waals surface area contributed by atoms with Gasteiger partial charge in [0.05, 0.1) is 4.91 Å². The van der Waals surface area contributed by atoms with E-state index in [1.54, 1.807) is 0 Å². The summed E-state index contributed by atoms with van der Waals surface area (Å²) in [6, 6.07) is 0. The maximum Gasteiger partial charge on any atom is 0.190 e. The molecule has 0 aliphatic carbocycles. The Morgan fingerprint density at radius 3 is 2.00 bits per heavy atom. The molecule has 1 rings (SSSR count). The lowest BCUT2D eigenvalue weighted by Crippen LogP contribution is -2.25. The summed E-state index contributed by atoms with van der Waals surface area (Å²) in [5.74, 6) is 0.781. The van der Waals surface area contributed by atoms with Crippen molar-refractivity contribution in [2.75, 3.05) is 0 Å². The minimum absolute atomic E-state index is 0.148. The van der Waals surface area contributed by atoms with Crippen molar-refractivity contribution >= 4 is 17.4 Å². The second-order valence-corrected chi connectivity index (χ2v) is 6.85. The fourth-order valence-corrected chi connectivity index (χ4v) is 2.68. The Morgan fingerprint density at radius 1 is 1.13 bits per heavy atom. The molecular formula is C11H19NO2S. The van der Waals surface area contributed by atoms with E-state index in [0.29, 0.717) is 0 Å². The summed E-state index contributed by atoms with van der Waals surface area (Å²) in [7, 11) is -1.30. The highest BCUT2D eigenvalue weighted by molar-refractivity contribution is 7.87. The van der Waals surface area contributed by atoms with Gasteiger partial charge >= 0.3 is 0 Å². The molecule has 4 heteroatoms. The fourth-order valence-electron chi connectivity index (χ4n) is 1.42. The molecule has 0 aromatic carbocycles. The van der Waals surface area contributed by atoms with Gasteiger partial charge in [-0.3, -0.25) is 0 Å². The largest absolute Gasteiger partial charge is 0.448 e. The topological polar surface area (TPSA) is 38.7 Å². The van der Waals surface area contributed by atoms with E-state index in [1.165, 1.54) is 6.40 Å². The molecule has 1 aliphatic rings. The molecule has 1 aliphatic heterocycles. The highest BCUT2D eigenvalue weighted by Gasteiger charge is 2.35. The molecule has 3 nitrogen and oxygen atoms in total. The summed E-state index contributed by atoms with van der Waals surface area (Å²) in [5, 5.41) is 0. The fraction of sp³-hybridized carbons (Fsp3) is 0.727. The molecule has 0 aromatic heterocycles. The van der Waals surface area contributed by atoms with Crippen molar-refractivity contribution in [3.05, 3.63) is 10.7 Å². The molecule has 86 valence electrons. The molecule has 0 radical (unpaired) electrons. The van der Waals surface area contributed by atoms with Crippen LogP contribution in [0.2, 0.25) is 0 Å². The molecule has 0 spiro atoms. The number of hydrogen-bond acceptors (Lipinski definition) is 2. The number of ether oxygens (including phenoxy) is 1. The molecule has 0 fully saturated rings. The van der Waals surface area contributed by atoms with Gasteiger partial charge in [-0.1, -0.05) is 41.5 Å². The summed E-state index contributed by atoms with van der Waals surface area (Å²) in [6.07, 6.45) is 1.28. The molecule has 1 atom stereocenters. The van der Waals surface area contributed by atoms with Crippen molar-refractivity contribution in [2.24, 2.45) is 15.2 Å². The van der Waals surface area contributed by atoms with E-state index >= 15 is 0 Å². The molecule has 1 heterocycles. The Balaban J connectivity index is 3.32. The van der Waals surface area contributed by atoms with Gasteiger partial charge in [0.1, 0.15) is 5.76 Å². The third-order valence-corrected chi connectivity index (χ3v) is 3.48. The van der Waals surface area contributed by atoms with E-state index in [0.717, 1.165) is 10.7 Å². The van der Waals surface area contributed by atoms with Gasteiger partial charge in [0.25, 0.3) is 0 Å². The first kappa shape index (κ1) is 12.4. The Kier molecular flexibility index (Phi) is 3.10. The van der Waals surface area contributed by atoms with E-state index in [4.69, 9.17) is 4.74 Å². The van der Waals surface area contributed by atoms with Gasteiger partial charge in [0.15, 0.2) is 17.4 Å². The predicted octanol–water partition coefficient (Wildman–Crippen LogP) is 3.01. The van der Waals surface area contributed by atoms with Gasteiger partial charge in [-0.25, -0.2) is 4.21 Å². The van der Waals surface area contributed by atoms with Crippen LogP contribution in [0.3, 0.4) is 0 Å². The summed E-state index contributed by atoms with van der Waals surface area (Å²) < 4.78 is 21.1. The number of rotatable bonds is 0. The second kappa shape index (κ2) is 3.74. The van der Waals surface area contributed by atoms with E-state index < -0.39 is 11.0 Å². The summed E-state index contributed by atoms with van der Waals surface area (Å²) >= 11 is 0. The van der Waals surface area contributed by atoms with Crippen LogP contribution in [-0.4, -0.2) is 10.6 Å². The van der Waals surface area contributed by atoms with Gasteiger partial charge < -0.3 is 4.74 Å². The average molecular weight is 229 g/mol. The van der Waals surface area contributed by atoms with Crippen molar-refractivity contribution in [1.29, 1.82) is 0 Å². The molecule has 0 bridgehead atoms. The lowest BCUT2D eigenvalue weighted by atomic mass is 9.86. The summed E-state index contributed by atoms with van der Waals surface area (Å²) in [5.41, 5.74) is -0.337. The van der Waals surface area contributed by atoms with Crippen LogP contribution in [0.5, 0.6) is 0 Å². The molecule has 0 amide bonds. The smallest absolute Gasteiger partial charge is 0.190 e. The Bertz CT molecular complexity index is 343. The second-order valence-electron chi connectivity index (χ2n) is 5.74. The molecule has 1 unspecified atom stereocenters. The van der Waals surface area contributed by atoms with Crippen LogP contribution >= 0.6 is 0 Å². The van der Waals surface area contributed by atoms with Gasteiger partial charge in [0, 0.05) is 10.8 Å². The van der Waals surface area contributed by atoms with Gasteiger partial charge in [-0.2, -0.15) is 4.40 Å². The van der Waals surface area contributed by atoms with Crippen LogP contribution in [0.15, 0.2) is 15.1 Å². The van der Waals surface area contributed by atoms with Crippen LogP contribution in [0, 0.1) is 10.8 Å². The Hall–Kier alpha value is -0.640. The van der Waals surface area contributed by atoms with Crippen LogP contribution in [0.1, 0.15) is 41.5 Å². The van der Waals surface area contributed by atoms with Crippen molar-refractivity contribution in [2.45, 2.75) is 41.5 Å². The Labute approximate surface area is 94.2 Å². The zero-order valence-corrected chi connectivity index (χ0v) is 11.1. The van der Waals surface area contributed by atoms with E-state index in [9.17, 15) is 4.21 Å². The third-order valence-electron chi connectivity index (χ3n) is 2.05. The van der Waals surface area contributed by atoms with Gasteiger partial charge in [0.2, 0.25) is 0 Å². The van der Waals surface area contributed by atoms with E-state index in [2.05, 4.69) is 4.40 Å². The zero-order valence-electron chi connectivity index (χ0n) is 10.2. The van der Waals surface area contributed by atoms with Crippen molar-refractivity contribution in [1.82, 2.24) is 0 Å². The maximum atomic E-state index is 11.9. The SMILES string of the molecule is CC(C)(C)C1=C(C(C)(C)C)S(=O)N=CO1. The van der Waals surface area contributed by atoms with Gasteiger partial charge in [-0.05, 0) is 0 Å². The monoisotopic (exact) mass is 229 g/mol. The number of hydrogen-bond donors (Lipinski definition) is 0. The summed E-state index contributed by atoms with van der Waals surface area (Å²) in [4.78, 5) is 0.789. The first-order valence-corrected chi connectivity index (χ1v) is 6.11. The molecule has 0 saturated carbocycles. The molecule has 0 N–H and O–H groups in total. The maximum absolute atomic E-state index is 11.9. The standard InChI is InChI=1S/C11H19NO2S/c1-10(2,3)8-9(11(4,5)6)15(13)12-7-14-8/h7H,1-6H3. The van der Waals surface area contributed by atoms with E-state index in [1.807, 2.05) is 41.5 Å². The molecular weight excluding hydrogens is 210 g/mol. The third kappa shape index (κ3) is 2.68. The summed E-state index contributed by atoms with van der Waals surface area (Å²) in [6.45, 7) is 12.2. The number of allylic oxidation sites excluding steroid dienone is 2. The van der Waals surface area contributed by atoms with Crippen LogP contribution in [0.4, 0.5) is 0 Å². The number of nitrogens with zero attached hydrogens (tertiary/aromatic N) is 1. The van der Waals surface area contributed by atoms with Crippen molar-refractivity contribution < 1.29 is 8.95 Å². The lowest BCUT2D eigenvalue weighted by molar-refractivity contribution is 0.277. The normalized spacial score (nSPS) is 22.9. The highest BCUT2D eigenvalue weighted by Crippen LogP contribution is 2.40. The molecule has 0 aromatic rings. The zero-order chi connectivity index (χ0) is 11.9. The Morgan fingerprint density at radius 2 is 1.67 bits per heavy atom. The average Bonchev–Trinajstić information content (AvgIpc) is 1.99. The highest BCUT2D eigenvalue weighted by atomic mass is 32.2. The minimum atomic E-state index is -1.30. The molecule has 15 heavy (non-hydrogen) atoms. The van der Waals surface area contributed by atoms with Crippen molar-refractivity contribution in [3.8, 4) is 0 Å². The van der Waals surface area contributed by atoms with Crippen molar-refractivity contribution in [3.63, 3.8) is 0 Å². The van der Waals surface area contributed by atoms with Gasteiger partial charge in [-0.15, -0.1) is 0 Å². The van der Waals surface area contributed by atoms with Crippen LogP contribution in [0.25, 0.3) is 0 Å². The lowest BCUT2D eigenvalue weighted by Gasteiger charge is -2.31. The quantitative estimate of drug-likeness (QED) is 0.640. The predicted molar refractivity (Wildman–Crippen MR) is 63.7 cm³/mol. The molecule has 0 saturated heterocycles. The van der Waals surface area contributed by atoms with Crippen LogP contribution in [-0.2, 0) is 15.7 Å². The first-order chi connectivity index (χ1) is 6.64. The van der Waals surface area contributed by atoms with Crippen LogP contribution < -0.4 is 0 Å². The van der Waals surface area contributed by atoms with E-state index in [-0.39, 0.29) is 10.8 Å². The minimum Gasteiger partial charge on any atom is -0.448 e. The first-order valence-electron chi connectivity index (χ1n) is 5.00.